The van der Waals surface area contributed by atoms with E-state index >= 15 is 0 Å². The highest BCUT2D eigenvalue weighted by Gasteiger charge is 2.21. The number of aromatic nitrogens is 1. The Morgan fingerprint density at radius 2 is 1.70 bits per heavy atom. The van der Waals surface area contributed by atoms with Gasteiger partial charge in [-0.3, -0.25) is 9.59 Å². The van der Waals surface area contributed by atoms with E-state index in [0.717, 1.165) is 49.6 Å². The number of benzene rings is 2. The Balaban J connectivity index is 0.00000481. The summed E-state index contributed by atoms with van der Waals surface area (Å²) in [6, 6.07) is 17.2. The maximum atomic E-state index is 13.0. The number of aromatic hydroxyl groups is 1. The van der Waals surface area contributed by atoms with Crippen LogP contribution in [0.4, 0.5) is 0 Å². The van der Waals surface area contributed by atoms with Crippen molar-refractivity contribution in [1.29, 1.82) is 0 Å². The standard InChI is InChI=1S/C30H40N2O4.ClH/c1-22(2)23(3)32(29(35)18-21-36-20-17-24-10-6-4-7-11-24)19-9-5-8-12-25-13-15-27(33)30-26(25)14-16-28(34)31-30;/h4,6-7,10-11,13-16,22-23,33H,5,8-9,12,17-21H2,1-3H3,(H,31,34);1H/t23-;/m1./s1. The molecular weight excluding hydrogens is 488 g/mol. The van der Waals surface area contributed by atoms with Crippen LogP contribution >= 0.6 is 12.4 Å². The van der Waals surface area contributed by atoms with Crippen LogP contribution < -0.4 is 5.56 Å². The number of fused-ring (bicyclic) bond motifs is 1. The van der Waals surface area contributed by atoms with Gasteiger partial charge in [0.05, 0.1) is 25.2 Å². The van der Waals surface area contributed by atoms with E-state index in [1.807, 2.05) is 29.2 Å². The molecule has 0 aliphatic carbocycles. The number of ether oxygens (including phenoxy) is 1. The molecule has 6 nitrogen and oxygen atoms in total. The van der Waals surface area contributed by atoms with E-state index in [0.29, 0.717) is 31.1 Å². The Labute approximate surface area is 226 Å². The number of aryl methyl sites for hydroxylation is 1. The quantitative estimate of drug-likeness (QED) is 0.255. The fourth-order valence-electron chi connectivity index (χ4n) is 4.44. The van der Waals surface area contributed by atoms with Gasteiger partial charge in [0.1, 0.15) is 5.75 Å². The van der Waals surface area contributed by atoms with Gasteiger partial charge in [0.2, 0.25) is 11.5 Å². The highest BCUT2D eigenvalue weighted by atomic mass is 35.5. The number of phenolic OH excluding ortho intramolecular Hbond substituents is 1. The average Bonchev–Trinajstić information content (AvgIpc) is 2.87. The third-order valence-corrected chi connectivity index (χ3v) is 6.92. The number of rotatable bonds is 14. The van der Waals surface area contributed by atoms with Crippen molar-refractivity contribution in [3.8, 4) is 5.75 Å². The van der Waals surface area contributed by atoms with Crippen molar-refractivity contribution in [3.05, 3.63) is 76.1 Å². The minimum absolute atomic E-state index is 0. The van der Waals surface area contributed by atoms with Crippen molar-refractivity contribution >= 4 is 29.2 Å². The second-order valence-corrected chi connectivity index (χ2v) is 9.84. The summed E-state index contributed by atoms with van der Waals surface area (Å²) in [5.74, 6) is 0.634. The molecule has 3 aromatic rings. The molecule has 2 N–H and O–H groups in total. The van der Waals surface area contributed by atoms with Gasteiger partial charge in [0.25, 0.3) is 0 Å². The van der Waals surface area contributed by atoms with Gasteiger partial charge >= 0.3 is 0 Å². The van der Waals surface area contributed by atoms with Crippen molar-refractivity contribution in [2.75, 3.05) is 19.8 Å². The molecule has 1 atom stereocenters. The third kappa shape index (κ3) is 9.20. The van der Waals surface area contributed by atoms with Gasteiger partial charge in [-0.2, -0.15) is 0 Å². The molecule has 0 fully saturated rings. The van der Waals surface area contributed by atoms with Gasteiger partial charge in [0.15, 0.2) is 0 Å². The molecule has 37 heavy (non-hydrogen) atoms. The van der Waals surface area contributed by atoms with E-state index in [1.165, 1.54) is 11.6 Å². The first kappa shape index (κ1) is 30.4. The van der Waals surface area contributed by atoms with Crippen LogP contribution in [0.2, 0.25) is 0 Å². The van der Waals surface area contributed by atoms with Gasteiger partial charge < -0.3 is 19.7 Å². The summed E-state index contributed by atoms with van der Waals surface area (Å²) in [5, 5.41) is 10.9. The van der Waals surface area contributed by atoms with Crippen molar-refractivity contribution in [2.24, 2.45) is 5.92 Å². The Hall–Kier alpha value is -2.83. The maximum Gasteiger partial charge on any atom is 0.248 e. The molecule has 0 aliphatic rings. The molecule has 1 amide bonds. The molecule has 0 bridgehead atoms. The van der Waals surface area contributed by atoms with E-state index in [4.69, 9.17) is 4.74 Å². The highest BCUT2D eigenvalue weighted by Crippen LogP contribution is 2.26. The molecule has 1 aromatic heterocycles. The summed E-state index contributed by atoms with van der Waals surface area (Å²) in [4.78, 5) is 29.4. The zero-order chi connectivity index (χ0) is 25.9. The fourth-order valence-corrected chi connectivity index (χ4v) is 4.44. The summed E-state index contributed by atoms with van der Waals surface area (Å²) in [6.07, 6.45) is 5.01. The number of carbonyl (C=O) groups excluding carboxylic acids is 1. The number of hydrogen-bond acceptors (Lipinski definition) is 4. The van der Waals surface area contributed by atoms with Crippen molar-refractivity contribution in [2.45, 2.75) is 65.3 Å². The zero-order valence-corrected chi connectivity index (χ0v) is 23.1. The number of pyridine rings is 1. The predicted octanol–water partition coefficient (Wildman–Crippen LogP) is 5.89. The molecular formula is C30H41ClN2O4. The van der Waals surface area contributed by atoms with Gasteiger partial charge in [-0.05, 0) is 61.8 Å². The number of halogens is 1. The van der Waals surface area contributed by atoms with Gasteiger partial charge in [-0.25, -0.2) is 0 Å². The van der Waals surface area contributed by atoms with Gasteiger partial charge in [-0.15, -0.1) is 12.4 Å². The lowest BCUT2D eigenvalue weighted by Gasteiger charge is -2.32. The van der Waals surface area contributed by atoms with Crippen LogP contribution in [-0.4, -0.2) is 46.7 Å². The summed E-state index contributed by atoms with van der Waals surface area (Å²) < 4.78 is 5.75. The SMILES string of the molecule is CC(C)[C@@H](C)N(CCCCCc1ccc(O)c2[nH]c(=O)ccc12)C(=O)CCOCCc1ccccc1.Cl. The van der Waals surface area contributed by atoms with Crippen molar-refractivity contribution in [3.63, 3.8) is 0 Å². The molecule has 0 saturated heterocycles. The lowest BCUT2D eigenvalue weighted by molar-refractivity contribution is -0.135. The first-order valence-electron chi connectivity index (χ1n) is 13.1. The number of phenols is 1. The number of amides is 1. The Kier molecular flexibility index (Phi) is 12.7. The van der Waals surface area contributed by atoms with Crippen LogP contribution in [0.5, 0.6) is 5.75 Å². The average molecular weight is 529 g/mol. The van der Waals surface area contributed by atoms with Crippen LogP contribution in [0.1, 0.15) is 57.6 Å². The molecule has 0 aliphatic heterocycles. The molecule has 0 spiro atoms. The molecule has 7 heteroatoms. The zero-order valence-electron chi connectivity index (χ0n) is 22.2. The summed E-state index contributed by atoms with van der Waals surface area (Å²) in [7, 11) is 0. The van der Waals surface area contributed by atoms with Crippen LogP contribution in [0.25, 0.3) is 10.9 Å². The Bertz CT molecular complexity index is 1160. The van der Waals surface area contributed by atoms with Crippen LogP contribution in [0.3, 0.4) is 0 Å². The molecule has 0 saturated carbocycles. The number of H-pyrrole nitrogens is 1. The first-order valence-corrected chi connectivity index (χ1v) is 13.1. The van der Waals surface area contributed by atoms with E-state index in [2.05, 4.69) is 37.9 Å². The number of nitrogens with one attached hydrogen (secondary N) is 1. The largest absolute Gasteiger partial charge is 0.506 e. The van der Waals surface area contributed by atoms with E-state index in [9.17, 15) is 14.7 Å². The molecule has 3 rings (SSSR count). The van der Waals surface area contributed by atoms with Gasteiger partial charge in [-0.1, -0.05) is 56.7 Å². The molecule has 0 unspecified atom stereocenters. The Morgan fingerprint density at radius 3 is 2.43 bits per heavy atom. The number of nitrogens with zero attached hydrogens (tertiary/aromatic N) is 1. The van der Waals surface area contributed by atoms with E-state index in [1.54, 1.807) is 12.1 Å². The smallest absolute Gasteiger partial charge is 0.248 e. The second kappa shape index (κ2) is 15.4. The van der Waals surface area contributed by atoms with E-state index in [-0.39, 0.29) is 35.7 Å². The van der Waals surface area contributed by atoms with Crippen molar-refractivity contribution in [1.82, 2.24) is 9.88 Å². The summed E-state index contributed by atoms with van der Waals surface area (Å²) in [5.41, 5.74) is 2.62. The number of unbranched alkanes of at least 4 members (excludes halogenated alkanes) is 2. The third-order valence-electron chi connectivity index (χ3n) is 6.92. The number of hydrogen-bond donors (Lipinski definition) is 2. The normalized spacial score (nSPS) is 11.9. The summed E-state index contributed by atoms with van der Waals surface area (Å²) in [6.45, 7) is 8.25. The molecule has 2 aromatic carbocycles. The number of aromatic amines is 1. The molecule has 1 heterocycles. The second-order valence-electron chi connectivity index (χ2n) is 9.84. The summed E-state index contributed by atoms with van der Waals surface area (Å²) >= 11 is 0. The fraction of sp³-hybridized carbons (Fsp3) is 0.467. The van der Waals surface area contributed by atoms with Crippen molar-refractivity contribution < 1.29 is 14.6 Å². The minimum Gasteiger partial charge on any atom is -0.506 e. The Morgan fingerprint density at radius 1 is 0.946 bits per heavy atom. The predicted molar refractivity (Wildman–Crippen MR) is 153 cm³/mol. The lowest BCUT2D eigenvalue weighted by atomic mass is 10.0. The van der Waals surface area contributed by atoms with Gasteiger partial charge in [0, 0.05) is 24.0 Å². The van der Waals surface area contributed by atoms with Crippen LogP contribution in [0, 0.1) is 5.92 Å². The lowest BCUT2D eigenvalue weighted by Crippen LogP contribution is -2.42. The van der Waals surface area contributed by atoms with Crippen LogP contribution in [-0.2, 0) is 22.4 Å². The van der Waals surface area contributed by atoms with Crippen LogP contribution in [0.15, 0.2) is 59.4 Å². The highest BCUT2D eigenvalue weighted by molar-refractivity contribution is 5.87. The topological polar surface area (TPSA) is 82.6 Å². The maximum absolute atomic E-state index is 13.0. The minimum atomic E-state index is -0.222. The molecule has 0 radical (unpaired) electrons. The first-order chi connectivity index (χ1) is 17.4. The monoisotopic (exact) mass is 528 g/mol. The number of carbonyl (C=O) groups is 1. The van der Waals surface area contributed by atoms with E-state index < -0.39 is 0 Å². The molecule has 202 valence electrons.